The van der Waals surface area contributed by atoms with Crippen LogP contribution in [0.25, 0.3) is 10.9 Å². The molecule has 2 aromatic rings. The van der Waals surface area contributed by atoms with E-state index in [9.17, 15) is 9.59 Å². The molecule has 0 atom stereocenters. The molecule has 9 heteroatoms. The third kappa shape index (κ3) is 4.16. The maximum Gasteiger partial charge on any atom is 0.269 e. The second-order valence-corrected chi connectivity index (χ2v) is 7.40. The van der Waals surface area contributed by atoms with Gasteiger partial charge in [0.1, 0.15) is 5.82 Å². The van der Waals surface area contributed by atoms with E-state index in [2.05, 4.69) is 27.4 Å². The number of thioether (sulfide) groups is 1. The average Bonchev–Trinajstić information content (AvgIpc) is 3.11. The Balaban J connectivity index is 1.65. The molecular formula is C17H21N5O2S2. The Hall–Kier alpha value is -2.13. The van der Waals surface area contributed by atoms with E-state index in [0.717, 1.165) is 37.4 Å². The van der Waals surface area contributed by atoms with Crippen molar-refractivity contribution in [2.75, 3.05) is 18.6 Å². The molecule has 0 bridgehead atoms. The van der Waals surface area contributed by atoms with Crippen LogP contribution in [0.2, 0.25) is 0 Å². The van der Waals surface area contributed by atoms with Gasteiger partial charge in [-0.15, -0.1) is 0 Å². The molecule has 0 fully saturated rings. The van der Waals surface area contributed by atoms with Gasteiger partial charge in [0.05, 0.1) is 10.9 Å². The standard InChI is InChI=1S/C17H21N5O2S2/c1-26-9-3-7-18-17(25)21-20-15(23)11-5-6-12-13(10-11)19-14-4-2-8-22(14)16(12)24/h5-6,10H,2-4,7-9H2,1H3,(H,20,23)(H2,18,21,25). The smallest absolute Gasteiger partial charge is 0.269 e. The van der Waals surface area contributed by atoms with Crippen molar-refractivity contribution in [3.8, 4) is 0 Å². The lowest BCUT2D eigenvalue weighted by molar-refractivity contribution is 0.0944. The second kappa shape index (κ2) is 8.50. The Morgan fingerprint density at radius 2 is 2.23 bits per heavy atom. The largest absolute Gasteiger partial charge is 0.361 e. The van der Waals surface area contributed by atoms with Crippen LogP contribution in [0.3, 0.4) is 0 Å². The Labute approximate surface area is 160 Å². The van der Waals surface area contributed by atoms with Crippen LogP contribution in [0.5, 0.6) is 0 Å². The zero-order chi connectivity index (χ0) is 18.5. The maximum atomic E-state index is 12.4. The molecule has 1 aromatic heterocycles. The number of amides is 1. The van der Waals surface area contributed by atoms with E-state index in [1.807, 2.05) is 0 Å². The summed E-state index contributed by atoms with van der Waals surface area (Å²) in [7, 11) is 0. The average molecular weight is 392 g/mol. The lowest BCUT2D eigenvalue weighted by atomic mass is 10.1. The molecule has 3 rings (SSSR count). The van der Waals surface area contributed by atoms with Crippen LogP contribution < -0.4 is 21.7 Å². The van der Waals surface area contributed by atoms with E-state index in [4.69, 9.17) is 12.2 Å². The summed E-state index contributed by atoms with van der Waals surface area (Å²) in [5, 5.41) is 3.93. The van der Waals surface area contributed by atoms with Gasteiger partial charge in [-0.05, 0) is 55.3 Å². The molecule has 2 heterocycles. The molecule has 1 aliphatic rings. The topological polar surface area (TPSA) is 88.0 Å². The molecule has 0 aliphatic carbocycles. The van der Waals surface area contributed by atoms with E-state index >= 15 is 0 Å². The van der Waals surface area contributed by atoms with Crippen molar-refractivity contribution >= 4 is 45.9 Å². The number of hydrogen-bond donors (Lipinski definition) is 3. The minimum Gasteiger partial charge on any atom is -0.361 e. The van der Waals surface area contributed by atoms with Gasteiger partial charge in [-0.2, -0.15) is 11.8 Å². The Morgan fingerprint density at radius 1 is 1.38 bits per heavy atom. The first-order valence-electron chi connectivity index (χ1n) is 8.47. The summed E-state index contributed by atoms with van der Waals surface area (Å²) in [6, 6.07) is 4.92. The molecule has 0 spiro atoms. The summed E-state index contributed by atoms with van der Waals surface area (Å²) in [4.78, 5) is 29.3. The fourth-order valence-electron chi connectivity index (χ4n) is 2.87. The summed E-state index contributed by atoms with van der Waals surface area (Å²) in [5.74, 6) is 1.51. The number of aryl methyl sites for hydroxylation is 1. The minimum absolute atomic E-state index is 0.0387. The van der Waals surface area contributed by atoms with Crippen molar-refractivity contribution in [2.24, 2.45) is 0 Å². The van der Waals surface area contributed by atoms with Crippen LogP contribution >= 0.6 is 24.0 Å². The first-order valence-corrected chi connectivity index (χ1v) is 10.3. The number of aromatic nitrogens is 2. The molecule has 1 aliphatic heterocycles. The summed E-state index contributed by atoms with van der Waals surface area (Å²) in [6.45, 7) is 1.46. The maximum absolute atomic E-state index is 12.4. The van der Waals surface area contributed by atoms with Crippen LogP contribution in [0.1, 0.15) is 29.0 Å². The summed E-state index contributed by atoms with van der Waals surface area (Å²) in [5.41, 5.74) is 6.18. The van der Waals surface area contributed by atoms with Crippen molar-refractivity contribution < 1.29 is 4.79 Å². The number of carbonyl (C=O) groups is 1. The number of benzene rings is 1. The van der Waals surface area contributed by atoms with Gasteiger partial charge in [0.15, 0.2) is 5.11 Å². The quantitative estimate of drug-likeness (QED) is 0.401. The molecule has 1 aromatic carbocycles. The highest BCUT2D eigenvalue weighted by atomic mass is 32.2. The molecule has 0 saturated heterocycles. The number of thiocarbonyl (C=S) groups is 1. The van der Waals surface area contributed by atoms with Crippen molar-refractivity contribution in [1.29, 1.82) is 0 Å². The molecule has 7 nitrogen and oxygen atoms in total. The van der Waals surface area contributed by atoms with E-state index < -0.39 is 0 Å². The molecule has 0 saturated carbocycles. The number of fused-ring (bicyclic) bond motifs is 2. The van der Waals surface area contributed by atoms with Crippen molar-refractivity contribution in [1.82, 2.24) is 25.7 Å². The zero-order valence-electron chi connectivity index (χ0n) is 14.5. The van der Waals surface area contributed by atoms with Crippen LogP contribution in [-0.2, 0) is 13.0 Å². The molecule has 26 heavy (non-hydrogen) atoms. The van der Waals surface area contributed by atoms with Gasteiger partial charge in [-0.1, -0.05) is 0 Å². The second-order valence-electron chi connectivity index (χ2n) is 6.00. The molecule has 0 unspecified atom stereocenters. The predicted octanol–water partition coefficient (Wildman–Crippen LogP) is 1.20. The SMILES string of the molecule is CSCCCNC(=S)NNC(=O)c1ccc2c(=O)n3c(nc2c1)CCC3. The van der Waals surface area contributed by atoms with Crippen LogP contribution in [-0.4, -0.2) is 39.1 Å². The molecule has 138 valence electrons. The molecule has 1 amide bonds. The minimum atomic E-state index is -0.331. The fraction of sp³-hybridized carbons (Fsp3) is 0.412. The molecular weight excluding hydrogens is 370 g/mol. The first-order chi connectivity index (χ1) is 12.6. The predicted molar refractivity (Wildman–Crippen MR) is 109 cm³/mol. The Kier molecular flexibility index (Phi) is 6.10. The van der Waals surface area contributed by atoms with E-state index in [-0.39, 0.29) is 11.5 Å². The lowest BCUT2D eigenvalue weighted by Crippen LogP contribution is -2.47. The van der Waals surface area contributed by atoms with Gasteiger partial charge in [-0.3, -0.25) is 25.0 Å². The van der Waals surface area contributed by atoms with E-state index in [0.29, 0.717) is 28.1 Å². The highest BCUT2D eigenvalue weighted by Gasteiger charge is 2.17. The Bertz CT molecular complexity index is 897. The normalized spacial score (nSPS) is 12.7. The number of rotatable bonds is 5. The van der Waals surface area contributed by atoms with Crippen molar-refractivity contribution in [3.05, 3.63) is 39.9 Å². The van der Waals surface area contributed by atoms with Gasteiger partial charge in [0.25, 0.3) is 11.5 Å². The number of hydrazine groups is 1. The van der Waals surface area contributed by atoms with Crippen LogP contribution in [0.15, 0.2) is 23.0 Å². The van der Waals surface area contributed by atoms with Gasteiger partial charge < -0.3 is 5.32 Å². The fourth-order valence-corrected chi connectivity index (χ4v) is 3.46. The highest BCUT2D eigenvalue weighted by Crippen LogP contribution is 2.16. The van der Waals surface area contributed by atoms with Gasteiger partial charge in [0.2, 0.25) is 0 Å². The number of hydrogen-bond acceptors (Lipinski definition) is 5. The summed E-state index contributed by atoms with van der Waals surface area (Å²) < 4.78 is 1.71. The summed E-state index contributed by atoms with van der Waals surface area (Å²) in [6.07, 6.45) is 4.77. The number of carbonyl (C=O) groups excluding carboxylic acids is 1. The van der Waals surface area contributed by atoms with Gasteiger partial charge >= 0.3 is 0 Å². The molecule has 0 radical (unpaired) electrons. The monoisotopic (exact) mass is 391 g/mol. The van der Waals surface area contributed by atoms with Crippen LogP contribution in [0, 0.1) is 0 Å². The molecule has 3 N–H and O–H groups in total. The first kappa shape index (κ1) is 18.7. The van der Waals surface area contributed by atoms with E-state index in [1.165, 1.54) is 0 Å². The zero-order valence-corrected chi connectivity index (χ0v) is 16.1. The van der Waals surface area contributed by atoms with Gasteiger partial charge in [0, 0.05) is 25.1 Å². The van der Waals surface area contributed by atoms with Crippen molar-refractivity contribution in [2.45, 2.75) is 25.8 Å². The van der Waals surface area contributed by atoms with Gasteiger partial charge in [-0.25, -0.2) is 4.98 Å². The third-order valence-corrected chi connectivity index (χ3v) is 5.12. The van der Waals surface area contributed by atoms with E-state index in [1.54, 1.807) is 34.5 Å². The summed E-state index contributed by atoms with van der Waals surface area (Å²) >= 11 is 6.89. The number of nitrogens with one attached hydrogen (secondary N) is 3. The highest BCUT2D eigenvalue weighted by molar-refractivity contribution is 7.98. The lowest BCUT2D eigenvalue weighted by Gasteiger charge is -2.12. The Morgan fingerprint density at radius 3 is 3.04 bits per heavy atom. The third-order valence-electron chi connectivity index (χ3n) is 4.18. The van der Waals surface area contributed by atoms with Crippen molar-refractivity contribution in [3.63, 3.8) is 0 Å². The number of nitrogens with zero attached hydrogens (tertiary/aromatic N) is 2. The van der Waals surface area contributed by atoms with Crippen LogP contribution in [0.4, 0.5) is 0 Å².